The van der Waals surface area contributed by atoms with Gasteiger partial charge in [-0.05, 0) is 43.5 Å². The van der Waals surface area contributed by atoms with Crippen molar-refractivity contribution in [3.05, 3.63) is 59.7 Å². The molecular formula is C14H14N2O2. The summed E-state index contributed by atoms with van der Waals surface area (Å²) in [5.74, 6) is -0.920. The van der Waals surface area contributed by atoms with E-state index in [9.17, 15) is 4.79 Å². The minimum absolute atomic E-state index is 0.290. The predicted molar refractivity (Wildman–Crippen MR) is 67.5 cm³/mol. The van der Waals surface area contributed by atoms with Crippen LogP contribution >= 0.6 is 0 Å². The highest BCUT2D eigenvalue weighted by molar-refractivity contribution is 5.88. The number of carboxylic acid groups (broad SMARTS) is 1. The number of aromatic nitrogens is 2. The molecule has 2 aromatic rings. The third-order valence-electron chi connectivity index (χ3n) is 2.69. The number of nitrogens with zero attached hydrogens (tertiary/aromatic N) is 2. The van der Waals surface area contributed by atoms with E-state index in [4.69, 9.17) is 5.11 Å². The van der Waals surface area contributed by atoms with Crippen molar-refractivity contribution in [2.75, 3.05) is 0 Å². The van der Waals surface area contributed by atoms with Crippen LogP contribution < -0.4 is 0 Å². The SMILES string of the molecule is O=C(O)c1cccnc1CCCc1ccccn1. The second kappa shape index (κ2) is 5.91. The maximum Gasteiger partial charge on any atom is 0.337 e. The molecule has 0 aromatic carbocycles. The van der Waals surface area contributed by atoms with E-state index in [1.165, 1.54) is 0 Å². The zero-order valence-corrected chi connectivity index (χ0v) is 9.91. The van der Waals surface area contributed by atoms with Crippen LogP contribution in [-0.4, -0.2) is 21.0 Å². The van der Waals surface area contributed by atoms with Crippen LogP contribution in [0.4, 0.5) is 0 Å². The van der Waals surface area contributed by atoms with Crippen LogP contribution in [0.3, 0.4) is 0 Å². The predicted octanol–water partition coefficient (Wildman–Crippen LogP) is 2.35. The van der Waals surface area contributed by atoms with Gasteiger partial charge in [-0.3, -0.25) is 9.97 Å². The standard InChI is InChI=1S/C14H14N2O2/c17-14(18)12-7-4-10-16-13(12)8-3-6-11-5-1-2-9-15-11/h1-2,4-5,7,9-10H,3,6,8H2,(H,17,18). The molecule has 0 aliphatic heterocycles. The summed E-state index contributed by atoms with van der Waals surface area (Å²) in [4.78, 5) is 19.4. The van der Waals surface area contributed by atoms with Gasteiger partial charge in [-0.25, -0.2) is 4.79 Å². The number of rotatable bonds is 5. The fourth-order valence-corrected chi connectivity index (χ4v) is 1.81. The van der Waals surface area contributed by atoms with Crippen LogP contribution in [0.1, 0.15) is 28.2 Å². The Morgan fingerprint density at radius 2 is 1.89 bits per heavy atom. The number of pyridine rings is 2. The maximum atomic E-state index is 11.0. The van der Waals surface area contributed by atoms with Gasteiger partial charge in [0.05, 0.1) is 11.3 Å². The van der Waals surface area contributed by atoms with Gasteiger partial charge >= 0.3 is 5.97 Å². The van der Waals surface area contributed by atoms with Gasteiger partial charge in [0.25, 0.3) is 0 Å². The van der Waals surface area contributed by atoms with Gasteiger partial charge in [0, 0.05) is 18.1 Å². The van der Waals surface area contributed by atoms with Gasteiger partial charge in [-0.1, -0.05) is 6.07 Å². The van der Waals surface area contributed by atoms with E-state index >= 15 is 0 Å². The lowest BCUT2D eigenvalue weighted by atomic mass is 10.1. The lowest BCUT2D eigenvalue weighted by Crippen LogP contribution is -2.05. The molecule has 0 bridgehead atoms. The van der Waals surface area contributed by atoms with E-state index in [1.54, 1.807) is 24.5 Å². The summed E-state index contributed by atoms with van der Waals surface area (Å²) >= 11 is 0. The zero-order chi connectivity index (χ0) is 12.8. The summed E-state index contributed by atoms with van der Waals surface area (Å²) in [6.07, 6.45) is 5.71. The molecule has 0 amide bonds. The highest BCUT2D eigenvalue weighted by atomic mass is 16.4. The van der Waals surface area contributed by atoms with Crippen molar-refractivity contribution in [2.45, 2.75) is 19.3 Å². The molecule has 0 unspecified atom stereocenters. The largest absolute Gasteiger partial charge is 0.478 e. The van der Waals surface area contributed by atoms with Crippen molar-refractivity contribution in [2.24, 2.45) is 0 Å². The van der Waals surface area contributed by atoms with Gasteiger partial charge in [0.15, 0.2) is 0 Å². The Bertz CT molecular complexity index is 526. The monoisotopic (exact) mass is 242 g/mol. The lowest BCUT2D eigenvalue weighted by molar-refractivity contribution is 0.0695. The molecule has 1 N–H and O–H groups in total. The Hall–Kier alpha value is -2.23. The normalized spacial score (nSPS) is 10.2. The molecule has 0 saturated carbocycles. The molecule has 0 radical (unpaired) electrons. The highest BCUT2D eigenvalue weighted by Gasteiger charge is 2.09. The topological polar surface area (TPSA) is 63.1 Å². The first-order chi connectivity index (χ1) is 8.77. The molecule has 2 aromatic heterocycles. The fraction of sp³-hybridized carbons (Fsp3) is 0.214. The smallest absolute Gasteiger partial charge is 0.337 e. The summed E-state index contributed by atoms with van der Waals surface area (Å²) in [5, 5.41) is 9.03. The van der Waals surface area contributed by atoms with Crippen molar-refractivity contribution in [3.63, 3.8) is 0 Å². The van der Waals surface area contributed by atoms with Crippen molar-refractivity contribution in [1.82, 2.24) is 9.97 Å². The first-order valence-electron chi connectivity index (χ1n) is 5.84. The average Bonchev–Trinajstić information content (AvgIpc) is 2.40. The van der Waals surface area contributed by atoms with Gasteiger partial charge < -0.3 is 5.11 Å². The molecule has 0 fully saturated rings. The molecule has 0 saturated heterocycles. The molecule has 2 rings (SSSR count). The van der Waals surface area contributed by atoms with Gasteiger partial charge in [-0.2, -0.15) is 0 Å². The third-order valence-corrected chi connectivity index (χ3v) is 2.69. The molecule has 2 heterocycles. The van der Waals surface area contributed by atoms with E-state index in [0.29, 0.717) is 17.7 Å². The van der Waals surface area contributed by atoms with Crippen LogP contribution in [0.15, 0.2) is 42.7 Å². The van der Waals surface area contributed by atoms with Gasteiger partial charge in [-0.15, -0.1) is 0 Å². The summed E-state index contributed by atoms with van der Waals surface area (Å²) in [6, 6.07) is 9.03. The minimum atomic E-state index is -0.920. The van der Waals surface area contributed by atoms with E-state index < -0.39 is 5.97 Å². The second-order valence-corrected chi connectivity index (χ2v) is 3.98. The summed E-state index contributed by atoms with van der Waals surface area (Å²) in [5.41, 5.74) is 1.95. The molecule has 0 aliphatic carbocycles. The van der Waals surface area contributed by atoms with Crippen molar-refractivity contribution in [3.8, 4) is 0 Å². The molecule has 92 valence electrons. The zero-order valence-electron chi connectivity index (χ0n) is 9.91. The van der Waals surface area contributed by atoms with E-state index in [1.807, 2.05) is 18.2 Å². The number of aromatic carboxylic acids is 1. The number of aryl methyl sites for hydroxylation is 2. The van der Waals surface area contributed by atoms with Crippen LogP contribution in [0.5, 0.6) is 0 Å². The molecule has 18 heavy (non-hydrogen) atoms. The highest BCUT2D eigenvalue weighted by Crippen LogP contribution is 2.09. The first-order valence-corrected chi connectivity index (χ1v) is 5.84. The fourth-order valence-electron chi connectivity index (χ4n) is 1.81. The first kappa shape index (κ1) is 12.2. The van der Waals surface area contributed by atoms with Crippen LogP contribution in [0.25, 0.3) is 0 Å². The molecule has 0 spiro atoms. The quantitative estimate of drug-likeness (QED) is 0.874. The van der Waals surface area contributed by atoms with E-state index in [2.05, 4.69) is 9.97 Å². The Morgan fingerprint density at radius 1 is 1.06 bits per heavy atom. The Balaban J connectivity index is 1.97. The van der Waals surface area contributed by atoms with Crippen LogP contribution in [0, 0.1) is 0 Å². The summed E-state index contributed by atoms with van der Waals surface area (Å²) < 4.78 is 0. The number of carbonyl (C=O) groups is 1. The van der Waals surface area contributed by atoms with E-state index in [-0.39, 0.29) is 0 Å². The van der Waals surface area contributed by atoms with Crippen molar-refractivity contribution < 1.29 is 9.90 Å². The maximum absolute atomic E-state index is 11.0. The van der Waals surface area contributed by atoms with Crippen molar-refractivity contribution in [1.29, 1.82) is 0 Å². The second-order valence-electron chi connectivity index (χ2n) is 3.98. The molecular weight excluding hydrogens is 228 g/mol. The summed E-state index contributed by atoms with van der Waals surface area (Å²) in [6.45, 7) is 0. The molecule has 0 atom stereocenters. The Morgan fingerprint density at radius 3 is 2.61 bits per heavy atom. The Labute approximate surface area is 105 Å². The average molecular weight is 242 g/mol. The minimum Gasteiger partial charge on any atom is -0.478 e. The molecule has 0 aliphatic rings. The van der Waals surface area contributed by atoms with E-state index in [0.717, 1.165) is 18.5 Å². The summed E-state index contributed by atoms with van der Waals surface area (Å²) in [7, 11) is 0. The number of hydrogen-bond donors (Lipinski definition) is 1. The lowest BCUT2D eigenvalue weighted by Gasteiger charge is -2.04. The Kier molecular flexibility index (Phi) is 4.02. The van der Waals surface area contributed by atoms with Gasteiger partial charge in [0.1, 0.15) is 0 Å². The van der Waals surface area contributed by atoms with Crippen molar-refractivity contribution >= 4 is 5.97 Å². The van der Waals surface area contributed by atoms with Crippen LogP contribution in [-0.2, 0) is 12.8 Å². The molecule has 4 nitrogen and oxygen atoms in total. The van der Waals surface area contributed by atoms with Gasteiger partial charge in [0.2, 0.25) is 0 Å². The number of carboxylic acids is 1. The third kappa shape index (κ3) is 3.13. The van der Waals surface area contributed by atoms with Crippen LogP contribution in [0.2, 0.25) is 0 Å². The molecule has 4 heteroatoms. The number of hydrogen-bond acceptors (Lipinski definition) is 3.